The number of esters is 1. The molecule has 2 aromatic heterocycles. The van der Waals surface area contributed by atoms with E-state index in [4.69, 9.17) is 14.2 Å². The maximum absolute atomic E-state index is 13.1. The van der Waals surface area contributed by atoms with Crippen LogP contribution in [-0.4, -0.2) is 82.3 Å². The van der Waals surface area contributed by atoms with Crippen LogP contribution in [0, 0.1) is 0 Å². The van der Waals surface area contributed by atoms with Gasteiger partial charge in [0.1, 0.15) is 5.69 Å². The summed E-state index contributed by atoms with van der Waals surface area (Å²) >= 11 is 0. The summed E-state index contributed by atoms with van der Waals surface area (Å²) in [5.41, 5.74) is 3.45. The van der Waals surface area contributed by atoms with Crippen LogP contribution < -0.4 is 20.1 Å². The third-order valence-corrected chi connectivity index (χ3v) is 8.04. The van der Waals surface area contributed by atoms with Gasteiger partial charge in [0.05, 0.1) is 31.5 Å². The van der Waals surface area contributed by atoms with Gasteiger partial charge in [-0.25, -0.2) is 9.78 Å². The highest BCUT2D eigenvalue weighted by Crippen LogP contribution is 2.38. The van der Waals surface area contributed by atoms with Gasteiger partial charge in [0.25, 0.3) is 17.7 Å². The largest absolute Gasteiger partial charge is 0.493 e. The fourth-order valence-corrected chi connectivity index (χ4v) is 5.64. The van der Waals surface area contributed by atoms with E-state index in [0.717, 1.165) is 24.0 Å². The molecule has 3 amide bonds. The molecule has 2 N–H and O–H groups in total. The molecule has 4 heterocycles. The molecule has 1 atom stereocenters. The lowest BCUT2D eigenvalue weighted by Gasteiger charge is -2.20. The van der Waals surface area contributed by atoms with Gasteiger partial charge in [-0.05, 0) is 42.7 Å². The van der Waals surface area contributed by atoms with Crippen LogP contribution in [0.15, 0.2) is 59.9 Å². The van der Waals surface area contributed by atoms with E-state index in [1.807, 2.05) is 23.2 Å². The number of ether oxygens (including phenoxy) is 3. The summed E-state index contributed by atoms with van der Waals surface area (Å²) in [6.45, 7) is 0.395. The predicted octanol–water partition coefficient (Wildman–Crippen LogP) is 3.81. The number of aryl methyl sites for hydroxylation is 2. The van der Waals surface area contributed by atoms with Crippen molar-refractivity contribution in [1.29, 1.82) is 0 Å². The van der Waals surface area contributed by atoms with Gasteiger partial charge in [-0.3, -0.25) is 19.4 Å². The molecule has 242 valence electrons. The van der Waals surface area contributed by atoms with Crippen molar-refractivity contribution < 1.29 is 33.4 Å². The molecule has 0 unspecified atom stereocenters. The van der Waals surface area contributed by atoms with E-state index in [9.17, 15) is 19.2 Å². The molecule has 14 heteroatoms. The quantitative estimate of drug-likeness (QED) is 0.262. The Bertz CT molecular complexity index is 1910. The topological polar surface area (TPSA) is 158 Å². The van der Waals surface area contributed by atoms with Gasteiger partial charge in [0.15, 0.2) is 23.9 Å². The van der Waals surface area contributed by atoms with Crippen LogP contribution in [0.1, 0.15) is 44.3 Å². The monoisotopic (exact) mass is 639 g/mol. The number of imidazole rings is 1. The number of aromatic nitrogens is 3. The molecule has 47 heavy (non-hydrogen) atoms. The second kappa shape index (κ2) is 12.8. The lowest BCUT2D eigenvalue weighted by Crippen LogP contribution is -2.35. The van der Waals surface area contributed by atoms with Crippen LogP contribution in [-0.2, 0) is 23.6 Å². The maximum atomic E-state index is 13.1. The van der Waals surface area contributed by atoms with E-state index in [-0.39, 0.29) is 30.2 Å². The average Bonchev–Trinajstić information content (AvgIpc) is 3.78. The molecule has 0 saturated carbocycles. The van der Waals surface area contributed by atoms with Crippen molar-refractivity contribution in [2.24, 2.45) is 19.1 Å². The van der Waals surface area contributed by atoms with Crippen molar-refractivity contribution in [1.82, 2.24) is 19.0 Å². The van der Waals surface area contributed by atoms with E-state index in [0.29, 0.717) is 40.7 Å². The molecular formula is C33H33N7O7. The molecule has 14 nitrogen and oxygen atoms in total. The number of hydrogen-bond acceptors (Lipinski definition) is 9. The zero-order valence-corrected chi connectivity index (χ0v) is 26.3. The number of fused-ring (bicyclic) bond motifs is 2. The number of benzene rings is 2. The standard InChI is InChI=1S/C33H33N7O7/c1-38-16-20(12-25(38)31(42)37-28-17-39(2)30(36-28)33(44)46-4)19-7-9-21(10-8-19)35-29(41)18-47-27-14-24-23(13-26(27)45-3)32(43)40-11-5-6-22(40)15-34-24/h7-10,12-17,22H,5-6,11,18H2,1-4H3,(H,35,41)(H,37,42)/t22-/m0/s1. The molecule has 0 bridgehead atoms. The Balaban J connectivity index is 1.08. The van der Waals surface area contributed by atoms with Crippen LogP contribution in [0.5, 0.6) is 11.5 Å². The number of methoxy groups -OCH3 is 2. The highest BCUT2D eigenvalue weighted by molar-refractivity contribution is 6.04. The smallest absolute Gasteiger partial charge is 0.374 e. The van der Waals surface area contributed by atoms with Gasteiger partial charge in [0, 0.05) is 56.6 Å². The SMILES string of the molecule is COC(=O)c1nc(NC(=O)c2cc(-c3ccc(NC(=O)COc4cc5c(cc4OC)C(=O)N4CCC[C@H]4C=N5)cc3)cn2C)cn1C. The summed E-state index contributed by atoms with van der Waals surface area (Å²) in [4.78, 5) is 61.1. The van der Waals surface area contributed by atoms with E-state index in [2.05, 4.69) is 20.6 Å². The van der Waals surface area contributed by atoms with Crippen LogP contribution in [0.3, 0.4) is 0 Å². The number of anilines is 2. The molecule has 6 rings (SSSR count). The molecule has 4 aromatic rings. The van der Waals surface area contributed by atoms with Crippen molar-refractivity contribution in [3.63, 3.8) is 0 Å². The van der Waals surface area contributed by atoms with E-state index in [1.165, 1.54) is 25.0 Å². The van der Waals surface area contributed by atoms with Gasteiger partial charge in [-0.2, -0.15) is 0 Å². The van der Waals surface area contributed by atoms with E-state index >= 15 is 0 Å². The van der Waals surface area contributed by atoms with Crippen LogP contribution in [0.2, 0.25) is 0 Å². The molecule has 0 spiro atoms. The summed E-state index contributed by atoms with van der Waals surface area (Å²) in [5.74, 6) is -0.574. The average molecular weight is 640 g/mol. The number of nitrogens with one attached hydrogen (secondary N) is 2. The Hall–Kier alpha value is -5.92. The number of aliphatic imine (C=N–C) groups is 1. The van der Waals surface area contributed by atoms with Crippen molar-refractivity contribution in [2.75, 3.05) is 38.0 Å². The highest BCUT2D eigenvalue weighted by Gasteiger charge is 2.32. The molecule has 1 saturated heterocycles. The van der Waals surface area contributed by atoms with E-state index < -0.39 is 17.8 Å². The number of amides is 3. The lowest BCUT2D eigenvalue weighted by molar-refractivity contribution is -0.118. The fourth-order valence-electron chi connectivity index (χ4n) is 5.64. The van der Waals surface area contributed by atoms with Crippen molar-refractivity contribution in [2.45, 2.75) is 18.9 Å². The van der Waals surface area contributed by atoms with Gasteiger partial charge in [-0.1, -0.05) is 12.1 Å². The molecule has 2 aliphatic heterocycles. The van der Waals surface area contributed by atoms with Crippen LogP contribution in [0.25, 0.3) is 11.1 Å². The Morgan fingerprint density at radius 3 is 2.49 bits per heavy atom. The zero-order chi connectivity index (χ0) is 33.2. The van der Waals surface area contributed by atoms with Crippen molar-refractivity contribution in [3.8, 4) is 22.6 Å². The van der Waals surface area contributed by atoms with E-state index in [1.54, 1.807) is 55.2 Å². The fraction of sp³-hybridized carbons (Fsp3) is 0.273. The van der Waals surface area contributed by atoms with Gasteiger partial charge < -0.3 is 38.9 Å². The summed E-state index contributed by atoms with van der Waals surface area (Å²) in [7, 11) is 6.11. The predicted molar refractivity (Wildman–Crippen MR) is 173 cm³/mol. The van der Waals surface area contributed by atoms with Gasteiger partial charge in [-0.15, -0.1) is 0 Å². The Morgan fingerprint density at radius 2 is 1.74 bits per heavy atom. The summed E-state index contributed by atoms with van der Waals surface area (Å²) < 4.78 is 19.1. The molecule has 0 radical (unpaired) electrons. The minimum Gasteiger partial charge on any atom is -0.493 e. The first-order valence-corrected chi connectivity index (χ1v) is 14.8. The third kappa shape index (κ3) is 6.30. The minimum absolute atomic E-state index is 0.0210. The summed E-state index contributed by atoms with van der Waals surface area (Å²) in [6.07, 6.45) is 6.94. The zero-order valence-electron chi connectivity index (χ0n) is 26.3. The first kappa shape index (κ1) is 31.1. The van der Waals surface area contributed by atoms with Crippen LogP contribution >= 0.6 is 0 Å². The number of nitrogens with zero attached hydrogens (tertiary/aromatic N) is 5. The molecule has 2 aliphatic rings. The lowest BCUT2D eigenvalue weighted by atomic mass is 10.1. The molecule has 2 aromatic carbocycles. The first-order chi connectivity index (χ1) is 22.6. The number of carbonyl (C=O) groups is 4. The second-order valence-corrected chi connectivity index (χ2v) is 11.2. The van der Waals surface area contributed by atoms with Crippen LogP contribution in [0.4, 0.5) is 17.2 Å². The number of hydrogen-bond donors (Lipinski definition) is 2. The Morgan fingerprint density at radius 1 is 0.957 bits per heavy atom. The highest BCUT2D eigenvalue weighted by atomic mass is 16.5. The van der Waals surface area contributed by atoms with Crippen molar-refractivity contribution >= 4 is 47.1 Å². The third-order valence-electron chi connectivity index (χ3n) is 8.04. The van der Waals surface area contributed by atoms with Gasteiger partial charge >= 0.3 is 5.97 Å². The maximum Gasteiger partial charge on any atom is 0.374 e. The summed E-state index contributed by atoms with van der Waals surface area (Å²) in [6, 6.07) is 12.1. The molecule has 0 aliphatic carbocycles. The van der Waals surface area contributed by atoms with Gasteiger partial charge in [0.2, 0.25) is 5.82 Å². The summed E-state index contributed by atoms with van der Waals surface area (Å²) in [5, 5.41) is 5.51. The normalized spacial score (nSPS) is 15.0. The molecular weight excluding hydrogens is 606 g/mol. The Labute approximate surface area is 269 Å². The van der Waals surface area contributed by atoms with Crippen molar-refractivity contribution in [3.05, 3.63) is 71.9 Å². The first-order valence-electron chi connectivity index (χ1n) is 14.8. The Kier molecular flexibility index (Phi) is 8.48. The second-order valence-electron chi connectivity index (χ2n) is 11.2. The minimum atomic E-state index is -0.611. The molecule has 1 fully saturated rings. The number of rotatable bonds is 9. The number of carbonyl (C=O) groups excluding carboxylic acids is 4.